The molecule has 0 bridgehead atoms. The standard InChI is InChI=1S/C14H26O4/c1-10(2)5-14(3,4)13(17-8-11-6-15-11)18-9-12-7-16-12/h10-13H,5-9H2,1-4H3. The van der Waals surface area contributed by atoms with Gasteiger partial charge in [-0.1, -0.05) is 27.7 Å². The smallest absolute Gasteiger partial charge is 0.162 e. The van der Waals surface area contributed by atoms with Gasteiger partial charge in [-0.25, -0.2) is 0 Å². The molecule has 18 heavy (non-hydrogen) atoms. The molecule has 0 aromatic carbocycles. The molecule has 2 atom stereocenters. The molecule has 0 saturated carbocycles. The number of epoxide rings is 2. The van der Waals surface area contributed by atoms with Crippen LogP contribution in [0.4, 0.5) is 0 Å². The van der Waals surface area contributed by atoms with Crippen LogP contribution in [0.3, 0.4) is 0 Å². The second-order valence-corrected chi connectivity index (χ2v) is 6.50. The van der Waals surface area contributed by atoms with Crippen LogP contribution < -0.4 is 0 Å². The predicted molar refractivity (Wildman–Crippen MR) is 68.4 cm³/mol. The summed E-state index contributed by atoms with van der Waals surface area (Å²) < 4.78 is 22.2. The van der Waals surface area contributed by atoms with E-state index in [0.29, 0.717) is 19.1 Å². The Morgan fingerprint density at radius 2 is 1.50 bits per heavy atom. The van der Waals surface area contributed by atoms with Crippen molar-refractivity contribution in [1.29, 1.82) is 0 Å². The van der Waals surface area contributed by atoms with Crippen LogP contribution in [0, 0.1) is 11.3 Å². The molecule has 0 aromatic heterocycles. The van der Waals surface area contributed by atoms with Gasteiger partial charge in [-0.3, -0.25) is 0 Å². The normalized spacial score (nSPS) is 28.5. The average Bonchev–Trinajstić information content (AvgIpc) is 3.11. The van der Waals surface area contributed by atoms with E-state index in [2.05, 4.69) is 27.7 Å². The van der Waals surface area contributed by atoms with Crippen molar-refractivity contribution in [2.75, 3.05) is 26.4 Å². The second kappa shape index (κ2) is 5.87. The highest BCUT2D eigenvalue weighted by Crippen LogP contribution is 2.33. The molecule has 106 valence electrons. The third-order valence-corrected chi connectivity index (χ3v) is 3.24. The van der Waals surface area contributed by atoms with Crippen molar-refractivity contribution in [3.05, 3.63) is 0 Å². The van der Waals surface area contributed by atoms with Crippen molar-refractivity contribution in [3.8, 4) is 0 Å². The van der Waals surface area contributed by atoms with Crippen molar-refractivity contribution in [1.82, 2.24) is 0 Å². The lowest BCUT2D eigenvalue weighted by Gasteiger charge is -2.35. The highest BCUT2D eigenvalue weighted by atomic mass is 16.7. The Morgan fingerprint density at radius 1 is 1.06 bits per heavy atom. The molecule has 4 nitrogen and oxygen atoms in total. The van der Waals surface area contributed by atoms with Gasteiger partial charge < -0.3 is 18.9 Å². The van der Waals surface area contributed by atoms with Crippen molar-refractivity contribution in [2.24, 2.45) is 11.3 Å². The molecule has 0 aliphatic carbocycles. The van der Waals surface area contributed by atoms with Gasteiger partial charge in [-0.15, -0.1) is 0 Å². The maximum atomic E-state index is 5.91. The summed E-state index contributed by atoms with van der Waals surface area (Å²) in [5.74, 6) is 0.629. The molecule has 2 saturated heterocycles. The summed E-state index contributed by atoms with van der Waals surface area (Å²) in [6.45, 7) is 11.8. The summed E-state index contributed by atoms with van der Waals surface area (Å²) in [6, 6.07) is 0. The van der Waals surface area contributed by atoms with Crippen LogP contribution in [0.2, 0.25) is 0 Å². The van der Waals surface area contributed by atoms with Crippen molar-refractivity contribution >= 4 is 0 Å². The molecule has 0 amide bonds. The fraction of sp³-hybridized carbons (Fsp3) is 1.00. The van der Waals surface area contributed by atoms with Crippen molar-refractivity contribution in [2.45, 2.75) is 52.6 Å². The van der Waals surface area contributed by atoms with Crippen LogP contribution in [0.1, 0.15) is 34.1 Å². The Bertz CT molecular complexity index is 241. The van der Waals surface area contributed by atoms with Gasteiger partial charge in [0.2, 0.25) is 0 Å². The fourth-order valence-electron chi connectivity index (χ4n) is 2.37. The number of hydrogen-bond donors (Lipinski definition) is 0. The van der Waals surface area contributed by atoms with Gasteiger partial charge in [0.05, 0.1) is 26.4 Å². The van der Waals surface area contributed by atoms with Crippen molar-refractivity contribution in [3.63, 3.8) is 0 Å². The lowest BCUT2D eigenvalue weighted by Crippen LogP contribution is -2.37. The van der Waals surface area contributed by atoms with Crippen LogP contribution in [0.15, 0.2) is 0 Å². The van der Waals surface area contributed by atoms with E-state index in [1.165, 1.54) is 0 Å². The molecule has 0 spiro atoms. The maximum absolute atomic E-state index is 5.91. The van der Waals surface area contributed by atoms with Gasteiger partial charge >= 0.3 is 0 Å². The van der Waals surface area contributed by atoms with Crippen LogP contribution in [-0.4, -0.2) is 44.9 Å². The summed E-state index contributed by atoms with van der Waals surface area (Å²) in [7, 11) is 0. The molecule has 2 aliphatic heterocycles. The SMILES string of the molecule is CC(C)CC(C)(C)C(OCC1CO1)OCC1CO1. The van der Waals surface area contributed by atoms with E-state index >= 15 is 0 Å². The van der Waals surface area contributed by atoms with E-state index in [-0.39, 0.29) is 23.9 Å². The zero-order chi connectivity index (χ0) is 13.2. The largest absolute Gasteiger partial charge is 0.371 e. The van der Waals surface area contributed by atoms with Crippen LogP contribution in [0.25, 0.3) is 0 Å². The zero-order valence-electron chi connectivity index (χ0n) is 12.0. The zero-order valence-corrected chi connectivity index (χ0v) is 12.0. The first-order valence-corrected chi connectivity index (χ1v) is 6.94. The summed E-state index contributed by atoms with van der Waals surface area (Å²) in [4.78, 5) is 0. The van der Waals surface area contributed by atoms with Gasteiger partial charge in [-0.05, 0) is 12.3 Å². The molecule has 0 aromatic rings. The molecule has 0 N–H and O–H groups in total. The lowest BCUT2D eigenvalue weighted by atomic mass is 9.83. The van der Waals surface area contributed by atoms with Gasteiger partial charge in [0.1, 0.15) is 12.2 Å². The first kappa shape index (κ1) is 14.3. The second-order valence-electron chi connectivity index (χ2n) is 6.50. The average molecular weight is 258 g/mol. The van der Waals surface area contributed by atoms with E-state index in [0.717, 1.165) is 19.6 Å². The van der Waals surface area contributed by atoms with Gasteiger partial charge in [0.25, 0.3) is 0 Å². The number of rotatable bonds is 9. The molecule has 2 unspecified atom stereocenters. The van der Waals surface area contributed by atoms with E-state index in [1.807, 2.05) is 0 Å². The summed E-state index contributed by atoms with van der Waals surface area (Å²) in [6.07, 6.45) is 1.47. The van der Waals surface area contributed by atoms with Crippen molar-refractivity contribution < 1.29 is 18.9 Å². The van der Waals surface area contributed by atoms with Crippen LogP contribution in [-0.2, 0) is 18.9 Å². The fourth-order valence-corrected chi connectivity index (χ4v) is 2.37. The van der Waals surface area contributed by atoms with Gasteiger partial charge in [0.15, 0.2) is 6.29 Å². The van der Waals surface area contributed by atoms with E-state index in [1.54, 1.807) is 0 Å². The summed E-state index contributed by atoms with van der Waals surface area (Å²) in [5, 5.41) is 0. The third-order valence-electron chi connectivity index (χ3n) is 3.24. The minimum Gasteiger partial charge on any atom is -0.371 e. The first-order chi connectivity index (χ1) is 8.47. The predicted octanol–water partition coefficient (Wildman–Crippen LogP) is 2.22. The molecule has 0 radical (unpaired) electrons. The van der Waals surface area contributed by atoms with Gasteiger partial charge in [0, 0.05) is 5.41 Å². The number of hydrogen-bond acceptors (Lipinski definition) is 4. The topological polar surface area (TPSA) is 43.5 Å². The van der Waals surface area contributed by atoms with Crippen LogP contribution >= 0.6 is 0 Å². The van der Waals surface area contributed by atoms with E-state index in [4.69, 9.17) is 18.9 Å². The number of ether oxygens (including phenoxy) is 4. The molecule has 2 fully saturated rings. The Hall–Kier alpha value is -0.160. The molecular weight excluding hydrogens is 232 g/mol. The minimum atomic E-state index is -0.173. The Balaban J connectivity index is 1.82. The van der Waals surface area contributed by atoms with E-state index in [9.17, 15) is 0 Å². The molecule has 2 heterocycles. The lowest BCUT2D eigenvalue weighted by molar-refractivity contribution is -0.206. The molecule has 2 rings (SSSR count). The highest BCUT2D eigenvalue weighted by molar-refractivity contribution is 4.78. The Morgan fingerprint density at radius 3 is 1.83 bits per heavy atom. The quantitative estimate of drug-likeness (QED) is 0.470. The maximum Gasteiger partial charge on any atom is 0.162 e. The first-order valence-electron chi connectivity index (χ1n) is 6.94. The summed E-state index contributed by atoms with van der Waals surface area (Å²) in [5.41, 5.74) is 0.0119. The van der Waals surface area contributed by atoms with Gasteiger partial charge in [-0.2, -0.15) is 0 Å². The van der Waals surface area contributed by atoms with E-state index < -0.39 is 0 Å². The summed E-state index contributed by atoms with van der Waals surface area (Å²) >= 11 is 0. The van der Waals surface area contributed by atoms with Crippen LogP contribution in [0.5, 0.6) is 0 Å². The third kappa shape index (κ3) is 4.84. The molecule has 4 heteroatoms. The molecule has 2 aliphatic rings. The Labute approximate surface area is 110 Å². The molecular formula is C14H26O4. The minimum absolute atomic E-state index is 0.0119. The Kier molecular flexibility index (Phi) is 4.64. The highest BCUT2D eigenvalue weighted by Gasteiger charge is 2.36. The monoisotopic (exact) mass is 258 g/mol.